The Labute approximate surface area is 215 Å². The van der Waals surface area contributed by atoms with Gasteiger partial charge in [-0.25, -0.2) is 17.9 Å². The number of fused-ring (bicyclic) bond motifs is 1. The molecule has 0 aliphatic heterocycles. The van der Waals surface area contributed by atoms with Gasteiger partial charge in [0.05, 0.1) is 17.8 Å². The molecule has 0 amide bonds. The first kappa shape index (κ1) is 26.3. The van der Waals surface area contributed by atoms with E-state index in [9.17, 15) is 26.7 Å². The van der Waals surface area contributed by atoms with Crippen LogP contribution in [0.3, 0.4) is 0 Å². The Morgan fingerprint density at radius 1 is 1.13 bits per heavy atom. The summed E-state index contributed by atoms with van der Waals surface area (Å²) >= 11 is 0. The molecule has 0 radical (unpaired) electrons. The second-order valence-corrected chi connectivity index (χ2v) is 10.8. The Bertz CT molecular complexity index is 1550. The van der Waals surface area contributed by atoms with Crippen LogP contribution >= 0.6 is 0 Å². The number of H-pyrrole nitrogens is 1. The zero-order chi connectivity index (χ0) is 27.0. The molecule has 1 aliphatic rings. The minimum Gasteiger partial charge on any atom is -0.371 e. The summed E-state index contributed by atoms with van der Waals surface area (Å²) in [6, 6.07) is 7.81. The molecule has 1 saturated carbocycles. The van der Waals surface area contributed by atoms with Crippen LogP contribution in [0.4, 0.5) is 13.2 Å². The van der Waals surface area contributed by atoms with Crippen molar-refractivity contribution in [2.45, 2.75) is 31.5 Å². The summed E-state index contributed by atoms with van der Waals surface area (Å²) in [4.78, 5) is 6.93. The van der Waals surface area contributed by atoms with Crippen LogP contribution in [-0.2, 0) is 16.8 Å². The van der Waals surface area contributed by atoms with Gasteiger partial charge < -0.3 is 14.6 Å². The number of nitrogens with zero attached hydrogens (tertiary/aromatic N) is 2. The minimum absolute atomic E-state index is 0.0122. The molecule has 202 valence electrons. The first-order valence-corrected chi connectivity index (χ1v) is 13.3. The van der Waals surface area contributed by atoms with E-state index in [4.69, 9.17) is 4.52 Å². The normalized spacial score (nSPS) is 18.6. The third-order valence-corrected chi connectivity index (χ3v) is 7.69. The zero-order valence-corrected chi connectivity index (χ0v) is 20.9. The molecular weight excluding hydrogens is 525 g/mol. The molecule has 1 fully saturated rings. The largest absolute Gasteiger partial charge is 0.371 e. The third kappa shape index (κ3) is 5.44. The average Bonchev–Trinajstić information content (AvgIpc) is 3.48. The van der Waals surface area contributed by atoms with E-state index in [1.165, 1.54) is 25.2 Å². The predicted molar refractivity (Wildman–Crippen MR) is 131 cm³/mol. The third-order valence-electron chi connectivity index (χ3n) is 6.62. The fraction of sp³-hybridized carbons (Fsp3) is 0.333. The van der Waals surface area contributed by atoms with Crippen molar-refractivity contribution >= 4 is 21.1 Å². The van der Waals surface area contributed by atoms with Crippen molar-refractivity contribution in [2.24, 2.45) is 5.92 Å². The summed E-state index contributed by atoms with van der Waals surface area (Å²) in [5.74, 6) is -1.97. The van der Waals surface area contributed by atoms with E-state index in [0.29, 0.717) is 29.5 Å². The second kappa shape index (κ2) is 10.5. The molecule has 1 aliphatic carbocycles. The first-order chi connectivity index (χ1) is 18.1. The molecule has 5 rings (SSSR count). The van der Waals surface area contributed by atoms with Gasteiger partial charge in [-0.05, 0) is 73.2 Å². The minimum atomic E-state index is -3.89. The van der Waals surface area contributed by atoms with Gasteiger partial charge in [-0.3, -0.25) is 5.32 Å². The van der Waals surface area contributed by atoms with Crippen molar-refractivity contribution in [3.05, 3.63) is 71.1 Å². The molecule has 10 nitrogen and oxygen atoms in total. The number of halogens is 3. The van der Waals surface area contributed by atoms with Crippen LogP contribution in [0.25, 0.3) is 22.2 Å². The van der Waals surface area contributed by atoms with Gasteiger partial charge in [0, 0.05) is 18.0 Å². The molecule has 2 heterocycles. The highest BCUT2D eigenvalue weighted by molar-refractivity contribution is 7.87. The van der Waals surface area contributed by atoms with Crippen LogP contribution in [0.15, 0.2) is 40.9 Å². The lowest BCUT2D eigenvalue weighted by Crippen LogP contribution is -2.41. The molecule has 2 aromatic carbocycles. The average molecular weight is 551 g/mol. The smallest absolute Gasteiger partial charge is 0.277 e. The molecule has 2 aromatic heterocycles. The maximum absolute atomic E-state index is 14.5. The van der Waals surface area contributed by atoms with E-state index < -0.39 is 33.9 Å². The van der Waals surface area contributed by atoms with Crippen LogP contribution in [0.1, 0.15) is 42.3 Å². The van der Waals surface area contributed by atoms with Gasteiger partial charge in [-0.15, -0.1) is 0 Å². The molecule has 5 N–H and O–H groups in total. The maximum atomic E-state index is 14.5. The number of aromatic nitrogens is 3. The lowest BCUT2D eigenvalue weighted by Gasteiger charge is -2.36. The summed E-state index contributed by atoms with van der Waals surface area (Å²) in [5, 5.41) is 16.1. The van der Waals surface area contributed by atoms with E-state index >= 15 is 0 Å². The van der Waals surface area contributed by atoms with Gasteiger partial charge in [0.15, 0.2) is 6.23 Å². The van der Waals surface area contributed by atoms with Gasteiger partial charge >= 0.3 is 0 Å². The number of nitrogens with one attached hydrogen (secondary N) is 4. The van der Waals surface area contributed by atoms with E-state index in [-0.39, 0.29) is 42.2 Å². The number of hydrogen-bond donors (Lipinski definition) is 5. The molecule has 4 aromatic rings. The zero-order valence-electron chi connectivity index (χ0n) is 20.1. The van der Waals surface area contributed by atoms with E-state index in [1.807, 2.05) is 0 Å². The molecule has 1 unspecified atom stereocenters. The maximum Gasteiger partial charge on any atom is 0.277 e. The van der Waals surface area contributed by atoms with Crippen molar-refractivity contribution in [1.82, 2.24) is 29.9 Å². The van der Waals surface area contributed by atoms with Crippen LogP contribution in [0.5, 0.6) is 0 Å². The number of aliphatic hydroxyl groups excluding tert-OH is 1. The lowest BCUT2D eigenvalue weighted by atomic mass is 9.70. The number of aliphatic hydroxyl groups is 1. The molecule has 14 heteroatoms. The summed E-state index contributed by atoms with van der Waals surface area (Å²) < 4.78 is 76.6. The monoisotopic (exact) mass is 550 g/mol. The van der Waals surface area contributed by atoms with Crippen molar-refractivity contribution in [1.29, 1.82) is 0 Å². The van der Waals surface area contributed by atoms with Crippen LogP contribution in [0, 0.1) is 23.4 Å². The Balaban J connectivity index is 1.25. The van der Waals surface area contributed by atoms with Gasteiger partial charge in [0.2, 0.25) is 11.7 Å². The second-order valence-electron chi connectivity index (χ2n) is 9.18. The highest BCUT2D eigenvalue weighted by Crippen LogP contribution is 2.48. The van der Waals surface area contributed by atoms with Crippen LogP contribution < -0.4 is 14.8 Å². The SMILES string of the molecule is CNC(O)c1noc(CNS(=O)(=O)NCC2CC(c3c(-c4ccc(F)cc4)[nH]c4c(F)cc(F)cc34)C2)n1. The van der Waals surface area contributed by atoms with Crippen molar-refractivity contribution in [3.63, 3.8) is 0 Å². The Morgan fingerprint density at radius 2 is 1.87 bits per heavy atom. The topological polar surface area (TPSA) is 145 Å². The number of benzene rings is 2. The predicted octanol–water partition coefficient (Wildman–Crippen LogP) is 2.96. The van der Waals surface area contributed by atoms with Crippen LogP contribution in [-0.4, -0.2) is 42.2 Å². The summed E-state index contributed by atoms with van der Waals surface area (Å²) in [5.41, 5.74) is 2.10. The van der Waals surface area contributed by atoms with Crippen molar-refractivity contribution in [2.75, 3.05) is 13.6 Å². The molecular formula is C24H25F3N6O4S. The number of rotatable bonds is 10. The fourth-order valence-electron chi connectivity index (χ4n) is 4.66. The summed E-state index contributed by atoms with van der Waals surface area (Å²) in [6.07, 6.45) is 0.0236. The quantitative estimate of drug-likeness (QED) is 0.191. The van der Waals surface area contributed by atoms with Crippen LogP contribution in [0.2, 0.25) is 0 Å². The Morgan fingerprint density at radius 3 is 2.58 bits per heavy atom. The van der Waals surface area contributed by atoms with E-state index in [0.717, 1.165) is 11.6 Å². The van der Waals surface area contributed by atoms with Crippen molar-refractivity contribution in [3.8, 4) is 11.3 Å². The molecule has 0 bridgehead atoms. The van der Waals surface area contributed by atoms with Gasteiger partial charge in [0.25, 0.3) is 10.2 Å². The molecule has 0 saturated heterocycles. The standard InChI is InChI=1S/C24H25F3N6O4S/c1-28-24(34)23-31-19(37-33-23)11-30-38(35,36)29-10-12-6-14(7-12)20-17-8-16(26)9-18(27)22(17)32-21(20)13-2-4-15(25)5-3-13/h2-5,8-9,12,14,24,28-30,32,34H,6-7,10-11H2,1H3. The van der Waals surface area contributed by atoms with Crippen molar-refractivity contribution < 1.29 is 31.2 Å². The Kier molecular flexibility index (Phi) is 7.24. The molecule has 0 spiro atoms. The Hall–Kier alpha value is -3.30. The number of aromatic amines is 1. The van der Waals surface area contributed by atoms with Gasteiger partial charge in [0.1, 0.15) is 17.5 Å². The fourth-order valence-corrected chi connectivity index (χ4v) is 5.53. The summed E-state index contributed by atoms with van der Waals surface area (Å²) in [7, 11) is -2.39. The first-order valence-electron chi connectivity index (χ1n) is 11.8. The summed E-state index contributed by atoms with van der Waals surface area (Å²) in [6.45, 7) is -0.115. The highest BCUT2D eigenvalue weighted by Gasteiger charge is 2.35. The van der Waals surface area contributed by atoms with Gasteiger partial charge in [-0.2, -0.15) is 18.1 Å². The van der Waals surface area contributed by atoms with Gasteiger partial charge in [-0.1, -0.05) is 5.16 Å². The lowest BCUT2D eigenvalue weighted by molar-refractivity contribution is 0.136. The highest BCUT2D eigenvalue weighted by atomic mass is 32.2. The molecule has 38 heavy (non-hydrogen) atoms. The van der Waals surface area contributed by atoms with E-state index in [2.05, 4.69) is 29.9 Å². The number of hydrogen-bond acceptors (Lipinski definition) is 7. The van der Waals surface area contributed by atoms with E-state index in [1.54, 1.807) is 12.1 Å². The molecule has 1 atom stereocenters.